The number of carbonyl (C=O) groups is 2. The first-order chi connectivity index (χ1) is 15.0. The lowest BCUT2D eigenvalue weighted by atomic mass is 10.1. The highest BCUT2D eigenvalue weighted by atomic mass is 16.5. The number of nitrogens with one attached hydrogen (secondary N) is 1. The molecule has 1 aromatic heterocycles. The van der Waals surface area contributed by atoms with E-state index in [1.807, 2.05) is 25.1 Å². The highest BCUT2D eigenvalue weighted by Crippen LogP contribution is 2.28. The van der Waals surface area contributed by atoms with E-state index in [1.165, 1.54) is 14.0 Å². The minimum absolute atomic E-state index is 0.00898. The Morgan fingerprint density at radius 1 is 1.10 bits per heavy atom. The molecular weight excluding hydrogens is 394 g/mol. The second kappa shape index (κ2) is 10.6. The van der Waals surface area contributed by atoms with Crippen LogP contribution in [0.2, 0.25) is 0 Å². The number of imidazole rings is 1. The van der Waals surface area contributed by atoms with Crippen LogP contribution >= 0.6 is 0 Å². The number of methoxy groups -OCH3 is 1. The van der Waals surface area contributed by atoms with Gasteiger partial charge in [-0.05, 0) is 57.0 Å². The van der Waals surface area contributed by atoms with E-state index in [2.05, 4.69) is 20.9 Å². The predicted octanol–water partition coefficient (Wildman–Crippen LogP) is 3.92. The van der Waals surface area contributed by atoms with Crippen LogP contribution in [-0.2, 0) is 11.3 Å². The molecule has 0 saturated carbocycles. The number of carbonyl (C=O) groups excluding carboxylic acids is 2. The zero-order valence-electron chi connectivity index (χ0n) is 18.3. The van der Waals surface area contributed by atoms with Gasteiger partial charge in [-0.15, -0.1) is 0 Å². The van der Waals surface area contributed by atoms with E-state index < -0.39 is 0 Å². The summed E-state index contributed by atoms with van der Waals surface area (Å²) in [4.78, 5) is 28.1. The second-order valence-corrected chi connectivity index (χ2v) is 7.38. The van der Waals surface area contributed by atoms with E-state index >= 15 is 0 Å². The first kappa shape index (κ1) is 22.3. The number of nitrogens with zero attached hydrogens (tertiary/aromatic N) is 2. The van der Waals surface area contributed by atoms with Gasteiger partial charge in [0.2, 0.25) is 5.91 Å². The van der Waals surface area contributed by atoms with Crippen LogP contribution in [0.5, 0.6) is 11.5 Å². The maximum Gasteiger partial charge on any atom is 0.220 e. The van der Waals surface area contributed by atoms with Crippen LogP contribution in [-0.4, -0.2) is 41.5 Å². The number of rotatable bonds is 11. The number of para-hydroxylation sites is 2. The van der Waals surface area contributed by atoms with Crippen LogP contribution in [0, 0.1) is 6.92 Å². The zero-order valence-corrected chi connectivity index (χ0v) is 18.3. The summed E-state index contributed by atoms with van der Waals surface area (Å²) in [6.07, 6.45) is 1.82. The maximum atomic E-state index is 12.1. The summed E-state index contributed by atoms with van der Waals surface area (Å²) in [7, 11) is 1.54. The molecule has 0 saturated heterocycles. The van der Waals surface area contributed by atoms with Crippen molar-refractivity contribution in [2.24, 2.45) is 0 Å². The highest BCUT2D eigenvalue weighted by molar-refractivity contribution is 5.94. The largest absolute Gasteiger partial charge is 0.493 e. The Hall–Kier alpha value is -3.35. The Bertz CT molecular complexity index is 1060. The Morgan fingerprint density at radius 2 is 1.90 bits per heavy atom. The van der Waals surface area contributed by atoms with Crippen molar-refractivity contribution in [3.8, 4) is 11.5 Å². The summed E-state index contributed by atoms with van der Waals surface area (Å²) in [6.45, 7) is 5.33. The minimum Gasteiger partial charge on any atom is -0.493 e. The molecule has 0 aliphatic heterocycles. The fraction of sp³-hybridized carbons (Fsp3) is 0.375. The average molecular weight is 424 g/mol. The normalized spacial score (nSPS) is 10.8. The van der Waals surface area contributed by atoms with Crippen LogP contribution < -0.4 is 14.8 Å². The molecule has 7 nitrogen and oxygen atoms in total. The van der Waals surface area contributed by atoms with Crippen LogP contribution in [0.3, 0.4) is 0 Å². The van der Waals surface area contributed by atoms with Crippen molar-refractivity contribution in [3.05, 3.63) is 53.9 Å². The molecule has 2 aromatic carbocycles. The number of ether oxygens (including phenoxy) is 2. The third-order valence-corrected chi connectivity index (χ3v) is 5.10. The summed E-state index contributed by atoms with van der Waals surface area (Å²) in [5.41, 5.74) is 2.69. The summed E-state index contributed by atoms with van der Waals surface area (Å²) in [5, 5.41) is 2.96. The average Bonchev–Trinajstić information content (AvgIpc) is 3.09. The third kappa shape index (κ3) is 5.84. The Morgan fingerprint density at radius 3 is 2.68 bits per heavy atom. The summed E-state index contributed by atoms with van der Waals surface area (Å²) in [5.74, 6) is 2.04. The van der Waals surface area contributed by atoms with Gasteiger partial charge in [0, 0.05) is 25.1 Å². The molecule has 31 heavy (non-hydrogen) atoms. The molecule has 0 unspecified atom stereocenters. The van der Waals surface area contributed by atoms with Crippen molar-refractivity contribution in [1.82, 2.24) is 14.9 Å². The number of ketones is 1. The Balaban J connectivity index is 1.36. The first-order valence-electron chi connectivity index (χ1n) is 10.5. The summed E-state index contributed by atoms with van der Waals surface area (Å²) < 4.78 is 13.2. The molecule has 1 amide bonds. The number of Topliss-reactive ketones (excluding diaryl/α,β-unsaturated/α-hetero) is 1. The van der Waals surface area contributed by atoms with Crippen molar-refractivity contribution in [1.29, 1.82) is 0 Å². The fourth-order valence-electron chi connectivity index (χ4n) is 3.45. The van der Waals surface area contributed by atoms with Gasteiger partial charge in [0.25, 0.3) is 0 Å². The first-order valence-corrected chi connectivity index (χ1v) is 10.5. The molecule has 0 fully saturated rings. The van der Waals surface area contributed by atoms with Gasteiger partial charge in [-0.3, -0.25) is 9.59 Å². The van der Waals surface area contributed by atoms with Crippen molar-refractivity contribution < 1.29 is 19.1 Å². The van der Waals surface area contributed by atoms with Crippen molar-refractivity contribution in [2.75, 3.05) is 20.3 Å². The molecule has 0 radical (unpaired) electrons. The Labute approximate surface area is 182 Å². The van der Waals surface area contributed by atoms with Crippen LogP contribution in [0.1, 0.15) is 42.4 Å². The van der Waals surface area contributed by atoms with Crippen molar-refractivity contribution in [2.45, 2.75) is 39.7 Å². The molecule has 0 bridgehead atoms. The topological polar surface area (TPSA) is 82.5 Å². The summed E-state index contributed by atoms with van der Waals surface area (Å²) in [6, 6.07) is 13.2. The molecule has 0 aliphatic rings. The standard InChI is InChI=1S/C24H29N3O4/c1-17(28)19-11-12-22(23(16-19)30-3)31-15-6-10-24(29)25-13-7-14-27-18(2)26-20-8-4-5-9-21(20)27/h4-5,8-9,11-12,16H,6-7,10,13-15H2,1-3H3,(H,25,29). The molecule has 1 N–H and O–H groups in total. The Kier molecular flexibility index (Phi) is 7.65. The fourth-order valence-corrected chi connectivity index (χ4v) is 3.45. The van der Waals surface area contributed by atoms with Gasteiger partial charge in [0.15, 0.2) is 17.3 Å². The molecule has 0 atom stereocenters. The lowest BCUT2D eigenvalue weighted by Gasteiger charge is -2.12. The van der Waals surface area contributed by atoms with Gasteiger partial charge in [0.1, 0.15) is 5.82 Å². The van der Waals surface area contributed by atoms with E-state index in [0.29, 0.717) is 43.1 Å². The van der Waals surface area contributed by atoms with Crippen molar-refractivity contribution in [3.63, 3.8) is 0 Å². The van der Waals surface area contributed by atoms with Crippen LogP contribution in [0.15, 0.2) is 42.5 Å². The molecule has 7 heteroatoms. The SMILES string of the molecule is COc1cc(C(C)=O)ccc1OCCCC(=O)NCCCn1c(C)nc2ccccc21. The van der Waals surface area contributed by atoms with Crippen molar-refractivity contribution >= 4 is 22.7 Å². The van der Waals surface area contributed by atoms with Crippen LogP contribution in [0.4, 0.5) is 0 Å². The molecule has 3 rings (SSSR count). The quantitative estimate of drug-likeness (QED) is 0.373. The van der Waals surface area contributed by atoms with Gasteiger partial charge in [-0.2, -0.15) is 0 Å². The lowest BCUT2D eigenvalue weighted by Crippen LogP contribution is -2.25. The molecule has 3 aromatic rings. The van der Waals surface area contributed by atoms with Gasteiger partial charge in [-0.1, -0.05) is 12.1 Å². The number of aryl methyl sites for hydroxylation is 2. The number of aromatic nitrogens is 2. The molecule has 164 valence electrons. The van der Waals surface area contributed by atoms with E-state index in [9.17, 15) is 9.59 Å². The highest BCUT2D eigenvalue weighted by Gasteiger charge is 2.09. The zero-order chi connectivity index (χ0) is 22.2. The second-order valence-electron chi connectivity index (χ2n) is 7.38. The lowest BCUT2D eigenvalue weighted by molar-refractivity contribution is -0.121. The number of benzene rings is 2. The van der Waals surface area contributed by atoms with E-state index in [-0.39, 0.29) is 11.7 Å². The van der Waals surface area contributed by atoms with E-state index in [1.54, 1.807) is 18.2 Å². The molecule has 0 spiro atoms. The summed E-state index contributed by atoms with van der Waals surface area (Å²) >= 11 is 0. The number of amides is 1. The van der Waals surface area contributed by atoms with Gasteiger partial charge < -0.3 is 19.4 Å². The number of fused-ring (bicyclic) bond motifs is 1. The number of hydrogen-bond acceptors (Lipinski definition) is 5. The van der Waals surface area contributed by atoms with E-state index in [4.69, 9.17) is 9.47 Å². The maximum absolute atomic E-state index is 12.1. The van der Waals surface area contributed by atoms with Gasteiger partial charge in [-0.25, -0.2) is 4.98 Å². The molecule has 1 heterocycles. The van der Waals surface area contributed by atoms with E-state index in [0.717, 1.165) is 29.8 Å². The molecular formula is C24H29N3O4. The monoisotopic (exact) mass is 423 g/mol. The van der Waals surface area contributed by atoms with Crippen LogP contribution in [0.25, 0.3) is 11.0 Å². The predicted molar refractivity (Wildman–Crippen MR) is 120 cm³/mol. The minimum atomic E-state index is -0.0297. The van der Waals surface area contributed by atoms with Gasteiger partial charge in [0.05, 0.1) is 24.8 Å². The van der Waals surface area contributed by atoms with Gasteiger partial charge >= 0.3 is 0 Å². The third-order valence-electron chi connectivity index (χ3n) is 5.10. The smallest absolute Gasteiger partial charge is 0.220 e. The number of hydrogen-bond donors (Lipinski definition) is 1. The molecule has 0 aliphatic carbocycles.